The third kappa shape index (κ3) is 2.59. The van der Waals surface area contributed by atoms with Crippen LogP contribution in [0.15, 0.2) is 24.3 Å². The number of methoxy groups -OCH3 is 1. The quantitative estimate of drug-likeness (QED) is 0.848. The van der Waals surface area contributed by atoms with Crippen LogP contribution in [0.2, 0.25) is 0 Å². The molecular weight excluding hydrogens is 278 g/mol. The molecule has 6 nitrogen and oxygen atoms in total. The molecule has 0 N–H and O–H groups in total. The maximum absolute atomic E-state index is 5.36. The summed E-state index contributed by atoms with van der Waals surface area (Å²) >= 11 is 0. The first-order chi connectivity index (χ1) is 10.8. The highest BCUT2D eigenvalue weighted by Gasteiger charge is 2.31. The average Bonchev–Trinajstić information content (AvgIpc) is 3.11. The Morgan fingerprint density at radius 1 is 1.27 bits per heavy atom. The van der Waals surface area contributed by atoms with Crippen molar-refractivity contribution in [1.82, 2.24) is 25.1 Å². The molecule has 116 valence electrons. The fraction of sp³-hybridized carbons (Fsp3) is 0.562. The minimum atomic E-state index is 0.430. The standard InChI is InChI=1S/C16H21N5O/c1-22-14-5-2-4-12(10-14)15-6-3-9-20(15)11-16-17-18-19-21(16)13-7-8-13/h2,4-5,10,13,15H,3,6-9,11H2,1H3/t15-/m0/s1. The highest BCUT2D eigenvalue weighted by Crippen LogP contribution is 2.37. The van der Waals surface area contributed by atoms with Gasteiger partial charge in [0.25, 0.3) is 0 Å². The largest absolute Gasteiger partial charge is 0.497 e. The topological polar surface area (TPSA) is 56.1 Å². The van der Waals surface area contributed by atoms with E-state index in [1.807, 2.05) is 10.7 Å². The third-order valence-electron chi connectivity index (χ3n) is 4.64. The lowest BCUT2D eigenvalue weighted by atomic mass is 10.0. The molecule has 1 aromatic heterocycles. The van der Waals surface area contributed by atoms with Crippen molar-refractivity contribution >= 4 is 0 Å². The normalized spacial score (nSPS) is 22.1. The lowest BCUT2D eigenvalue weighted by Gasteiger charge is -2.24. The van der Waals surface area contributed by atoms with Crippen molar-refractivity contribution in [3.8, 4) is 5.75 Å². The summed E-state index contributed by atoms with van der Waals surface area (Å²) in [4.78, 5) is 2.49. The number of aromatic nitrogens is 4. The zero-order chi connectivity index (χ0) is 14.9. The second-order valence-corrected chi connectivity index (χ2v) is 6.18. The van der Waals surface area contributed by atoms with Crippen LogP contribution >= 0.6 is 0 Å². The maximum atomic E-state index is 5.36. The Balaban J connectivity index is 1.54. The predicted molar refractivity (Wildman–Crippen MR) is 81.5 cm³/mol. The molecule has 2 aliphatic rings. The molecular formula is C16H21N5O. The lowest BCUT2D eigenvalue weighted by Crippen LogP contribution is -2.25. The zero-order valence-electron chi connectivity index (χ0n) is 12.9. The molecule has 6 heteroatoms. The molecule has 0 unspecified atom stereocenters. The van der Waals surface area contributed by atoms with Crippen molar-refractivity contribution in [2.45, 2.75) is 44.3 Å². The summed E-state index contributed by atoms with van der Waals surface area (Å²) in [6.07, 6.45) is 4.81. The van der Waals surface area contributed by atoms with E-state index in [-0.39, 0.29) is 0 Å². The van der Waals surface area contributed by atoms with E-state index < -0.39 is 0 Å². The Hall–Kier alpha value is -1.95. The third-order valence-corrected chi connectivity index (χ3v) is 4.64. The van der Waals surface area contributed by atoms with Gasteiger partial charge in [-0.15, -0.1) is 5.10 Å². The Kier molecular flexibility index (Phi) is 3.54. The molecule has 1 saturated heterocycles. The zero-order valence-corrected chi connectivity index (χ0v) is 12.9. The molecule has 0 bridgehead atoms. The first kappa shape index (κ1) is 13.7. The van der Waals surface area contributed by atoms with Gasteiger partial charge in [-0.1, -0.05) is 12.1 Å². The van der Waals surface area contributed by atoms with E-state index in [9.17, 15) is 0 Å². The molecule has 2 fully saturated rings. The number of rotatable bonds is 5. The number of hydrogen-bond donors (Lipinski definition) is 0. The molecule has 4 rings (SSSR count). The maximum Gasteiger partial charge on any atom is 0.165 e. The summed E-state index contributed by atoms with van der Waals surface area (Å²) in [6, 6.07) is 9.36. The Morgan fingerprint density at radius 2 is 2.18 bits per heavy atom. The van der Waals surface area contributed by atoms with Crippen LogP contribution in [0.5, 0.6) is 5.75 Å². The van der Waals surface area contributed by atoms with Crippen LogP contribution in [0.25, 0.3) is 0 Å². The van der Waals surface area contributed by atoms with Gasteiger partial charge in [-0.3, -0.25) is 4.90 Å². The van der Waals surface area contributed by atoms with Gasteiger partial charge in [-0.2, -0.15) is 0 Å². The van der Waals surface area contributed by atoms with Crippen LogP contribution in [0.3, 0.4) is 0 Å². The summed E-state index contributed by atoms with van der Waals surface area (Å²) in [5, 5.41) is 12.3. The summed E-state index contributed by atoms with van der Waals surface area (Å²) < 4.78 is 7.37. The molecule has 0 amide bonds. The van der Waals surface area contributed by atoms with Crippen LogP contribution in [-0.2, 0) is 6.54 Å². The fourth-order valence-corrected chi connectivity index (χ4v) is 3.34. The summed E-state index contributed by atoms with van der Waals surface area (Å²) in [6.45, 7) is 1.92. The number of ether oxygens (including phenoxy) is 1. The molecule has 1 aliphatic carbocycles. The van der Waals surface area contributed by atoms with Crippen LogP contribution in [-0.4, -0.2) is 38.8 Å². The second kappa shape index (κ2) is 5.68. The van der Waals surface area contributed by atoms with E-state index in [2.05, 4.69) is 38.6 Å². The van der Waals surface area contributed by atoms with E-state index in [0.29, 0.717) is 12.1 Å². The number of likely N-dealkylation sites (tertiary alicyclic amines) is 1. The van der Waals surface area contributed by atoms with Crippen LogP contribution < -0.4 is 4.74 Å². The van der Waals surface area contributed by atoms with Crippen molar-refractivity contribution in [2.75, 3.05) is 13.7 Å². The molecule has 1 atom stereocenters. The Labute approximate surface area is 130 Å². The van der Waals surface area contributed by atoms with Crippen LogP contribution in [0, 0.1) is 0 Å². The summed E-state index contributed by atoms with van der Waals surface area (Å²) in [5.74, 6) is 1.92. The van der Waals surface area contributed by atoms with Gasteiger partial charge in [-0.25, -0.2) is 4.68 Å². The van der Waals surface area contributed by atoms with Crippen LogP contribution in [0.4, 0.5) is 0 Å². The monoisotopic (exact) mass is 299 g/mol. The molecule has 1 aromatic carbocycles. The minimum Gasteiger partial charge on any atom is -0.497 e. The van der Waals surface area contributed by atoms with Crippen molar-refractivity contribution in [3.05, 3.63) is 35.7 Å². The fourth-order valence-electron chi connectivity index (χ4n) is 3.34. The van der Waals surface area contributed by atoms with Crippen molar-refractivity contribution in [1.29, 1.82) is 0 Å². The van der Waals surface area contributed by atoms with E-state index in [1.54, 1.807) is 7.11 Å². The highest BCUT2D eigenvalue weighted by atomic mass is 16.5. The Bertz CT molecular complexity index is 651. The molecule has 0 radical (unpaired) electrons. The lowest BCUT2D eigenvalue weighted by molar-refractivity contribution is 0.236. The molecule has 0 spiro atoms. The van der Waals surface area contributed by atoms with Gasteiger partial charge in [0, 0.05) is 6.04 Å². The van der Waals surface area contributed by atoms with Gasteiger partial charge in [0.15, 0.2) is 5.82 Å². The summed E-state index contributed by atoms with van der Waals surface area (Å²) in [7, 11) is 1.72. The van der Waals surface area contributed by atoms with E-state index in [0.717, 1.165) is 24.7 Å². The van der Waals surface area contributed by atoms with Gasteiger partial charge in [0.1, 0.15) is 5.75 Å². The van der Waals surface area contributed by atoms with Gasteiger partial charge < -0.3 is 4.74 Å². The van der Waals surface area contributed by atoms with Gasteiger partial charge in [0.2, 0.25) is 0 Å². The van der Waals surface area contributed by atoms with Crippen molar-refractivity contribution in [3.63, 3.8) is 0 Å². The number of nitrogens with zero attached hydrogens (tertiary/aromatic N) is 5. The molecule has 2 heterocycles. The molecule has 1 saturated carbocycles. The van der Waals surface area contributed by atoms with Crippen molar-refractivity contribution < 1.29 is 4.74 Å². The SMILES string of the molecule is COc1cccc([C@@H]2CCCN2Cc2nnnn2C2CC2)c1. The smallest absolute Gasteiger partial charge is 0.165 e. The molecule has 1 aliphatic heterocycles. The molecule has 22 heavy (non-hydrogen) atoms. The number of benzene rings is 1. The van der Waals surface area contributed by atoms with Crippen LogP contribution in [0.1, 0.15) is 49.2 Å². The average molecular weight is 299 g/mol. The number of hydrogen-bond acceptors (Lipinski definition) is 5. The van der Waals surface area contributed by atoms with E-state index in [1.165, 1.54) is 31.2 Å². The number of tetrazole rings is 1. The minimum absolute atomic E-state index is 0.430. The van der Waals surface area contributed by atoms with Gasteiger partial charge >= 0.3 is 0 Å². The first-order valence-electron chi connectivity index (χ1n) is 8.00. The predicted octanol–water partition coefficient (Wildman–Crippen LogP) is 2.35. The van der Waals surface area contributed by atoms with E-state index >= 15 is 0 Å². The van der Waals surface area contributed by atoms with Gasteiger partial charge in [0.05, 0.1) is 19.7 Å². The van der Waals surface area contributed by atoms with Crippen molar-refractivity contribution in [2.24, 2.45) is 0 Å². The van der Waals surface area contributed by atoms with E-state index in [4.69, 9.17) is 4.74 Å². The second-order valence-electron chi connectivity index (χ2n) is 6.18. The first-order valence-corrected chi connectivity index (χ1v) is 8.00. The van der Waals surface area contributed by atoms with Gasteiger partial charge in [-0.05, 0) is 60.4 Å². The molecule has 2 aromatic rings. The summed E-state index contributed by atoms with van der Waals surface area (Å²) in [5.41, 5.74) is 1.32. The Morgan fingerprint density at radius 3 is 3.00 bits per heavy atom. The highest BCUT2D eigenvalue weighted by molar-refractivity contribution is 5.31.